The molecule has 4 heteroatoms. The van der Waals surface area contributed by atoms with Crippen LogP contribution in [0, 0.1) is 61.2 Å². The molecule has 3 aromatic heterocycles. The van der Waals surface area contributed by atoms with Crippen LogP contribution in [0.15, 0.2) is 152 Å². The maximum atomic E-state index is 5.47. The quantitative estimate of drug-likeness (QED) is 0.129. The number of thiophene rings is 2. The van der Waals surface area contributed by atoms with E-state index in [4.69, 9.17) is 4.98 Å². The molecule has 55 heavy (non-hydrogen) atoms. The van der Waals surface area contributed by atoms with Gasteiger partial charge in [-0.25, -0.2) is 4.98 Å². The molecule has 0 aliphatic heterocycles. The number of thiazole rings is 1. The van der Waals surface area contributed by atoms with Crippen LogP contribution >= 0.6 is 34.0 Å². The summed E-state index contributed by atoms with van der Waals surface area (Å²) in [7, 11) is 0. The first-order valence-corrected chi connectivity index (χ1v) is 20.2. The van der Waals surface area contributed by atoms with Crippen LogP contribution in [0.1, 0.15) is 52.9 Å². The second kappa shape index (κ2) is 16.6. The van der Waals surface area contributed by atoms with Gasteiger partial charge in [-0.15, -0.1) is 34.0 Å². The third-order valence-corrected chi connectivity index (χ3v) is 12.1. The Labute approximate surface area is 335 Å². The van der Waals surface area contributed by atoms with E-state index < -0.39 is 0 Å². The molecule has 0 N–H and O–H groups in total. The molecule has 0 aliphatic rings. The molecule has 0 saturated heterocycles. The zero-order valence-corrected chi connectivity index (χ0v) is 32.6. The van der Waals surface area contributed by atoms with Gasteiger partial charge in [0, 0.05) is 38.9 Å². The maximum absolute atomic E-state index is 5.47. The van der Waals surface area contributed by atoms with Gasteiger partial charge >= 0.3 is 0 Å². The Morgan fingerprint density at radius 3 is 1.13 bits per heavy atom. The van der Waals surface area contributed by atoms with Crippen LogP contribution in [0.2, 0.25) is 0 Å². The second-order valence-electron chi connectivity index (χ2n) is 12.5. The van der Waals surface area contributed by atoms with Crippen LogP contribution in [-0.2, 0) is 0 Å². The van der Waals surface area contributed by atoms with Crippen molar-refractivity contribution in [3.63, 3.8) is 0 Å². The normalized spacial score (nSPS) is 10.1. The molecule has 8 aromatic rings. The Kier molecular flexibility index (Phi) is 10.7. The Morgan fingerprint density at radius 2 is 0.709 bits per heavy atom. The minimum atomic E-state index is 0.883. The molecule has 0 unspecified atom stereocenters. The largest absolute Gasteiger partial charge is 0.235 e. The smallest absolute Gasteiger partial charge is 0.124 e. The molecular formula is C51H31NS3. The first-order valence-electron chi connectivity index (χ1n) is 17.7. The molecule has 0 amide bonds. The number of rotatable bonds is 3. The van der Waals surface area contributed by atoms with Gasteiger partial charge in [-0.05, 0) is 85.3 Å². The molecule has 258 valence electrons. The van der Waals surface area contributed by atoms with E-state index in [1.165, 1.54) is 0 Å². The van der Waals surface area contributed by atoms with Gasteiger partial charge < -0.3 is 0 Å². The topological polar surface area (TPSA) is 12.9 Å². The van der Waals surface area contributed by atoms with Gasteiger partial charge in [-0.3, -0.25) is 0 Å². The van der Waals surface area contributed by atoms with E-state index in [1.54, 1.807) is 34.0 Å². The van der Waals surface area contributed by atoms with Crippen LogP contribution in [0.4, 0.5) is 0 Å². The minimum Gasteiger partial charge on any atom is -0.235 e. The lowest BCUT2D eigenvalue weighted by Gasteiger charge is -2.05. The van der Waals surface area contributed by atoms with Crippen molar-refractivity contribution in [1.82, 2.24) is 4.98 Å². The Hall–Kier alpha value is -6.63. The van der Waals surface area contributed by atoms with E-state index in [9.17, 15) is 0 Å². The zero-order chi connectivity index (χ0) is 37.4. The molecule has 3 heterocycles. The maximum Gasteiger partial charge on any atom is 0.124 e. The first kappa shape index (κ1) is 35.4. The second-order valence-corrected chi connectivity index (χ2v) is 15.6. The Balaban J connectivity index is 1.38. The molecule has 0 spiro atoms. The first-order chi connectivity index (χ1) is 27.1. The van der Waals surface area contributed by atoms with E-state index in [-0.39, 0.29) is 0 Å². The highest BCUT2D eigenvalue weighted by atomic mass is 32.1. The van der Waals surface area contributed by atoms with Crippen molar-refractivity contribution in [2.24, 2.45) is 0 Å². The lowest BCUT2D eigenvalue weighted by atomic mass is 10.0. The van der Waals surface area contributed by atoms with E-state index in [0.29, 0.717) is 0 Å². The fourth-order valence-corrected chi connectivity index (χ4v) is 9.25. The molecule has 0 aliphatic carbocycles. The highest BCUT2D eigenvalue weighted by molar-refractivity contribution is 7.20. The monoisotopic (exact) mass is 757 g/mol. The summed E-state index contributed by atoms with van der Waals surface area (Å²) >= 11 is 4.95. The number of nitrogens with zero attached hydrogens (tertiary/aromatic N) is 1. The summed E-state index contributed by atoms with van der Waals surface area (Å²) in [6, 6.07) is 50.9. The molecular weight excluding hydrogens is 727 g/mol. The van der Waals surface area contributed by atoms with Crippen molar-refractivity contribution in [1.29, 1.82) is 0 Å². The summed E-state index contributed by atoms with van der Waals surface area (Å²) in [4.78, 5) is 10.4. The molecule has 1 nitrogen and oxygen atoms in total. The van der Waals surface area contributed by atoms with Crippen LogP contribution in [0.3, 0.4) is 0 Å². The lowest BCUT2D eigenvalue weighted by Crippen LogP contribution is -1.89. The third-order valence-electron chi connectivity index (χ3n) is 8.78. The van der Waals surface area contributed by atoms with Gasteiger partial charge in [-0.2, -0.15) is 0 Å². The van der Waals surface area contributed by atoms with Gasteiger partial charge in [0.1, 0.15) is 5.01 Å². The minimum absolute atomic E-state index is 0.883. The van der Waals surface area contributed by atoms with E-state index in [0.717, 1.165) is 85.2 Å². The van der Waals surface area contributed by atoms with Crippen molar-refractivity contribution >= 4 is 34.0 Å². The number of hydrogen-bond acceptors (Lipinski definition) is 4. The van der Waals surface area contributed by atoms with Crippen molar-refractivity contribution in [2.75, 3.05) is 0 Å². The SMILES string of the molecule is Cc1c([13C]#Cc2ccccc2)sc([13C]#Cc2ccccc2)c1-c1nc(-c2ccccc2)sc1-c1c([13C]#Cc2ccccc2)sc([13C]#Cc2ccccc2)c1C. The molecule has 0 fully saturated rings. The highest BCUT2D eigenvalue weighted by Gasteiger charge is 2.27. The molecule has 0 saturated carbocycles. The summed E-state index contributed by atoms with van der Waals surface area (Å²) < 4.78 is 0. The zero-order valence-electron chi connectivity index (χ0n) is 30.1. The van der Waals surface area contributed by atoms with Gasteiger partial charge in [-0.1, -0.05) is 139 Å². The van der Waals surface area contributed by atoms with Crippen LogP contribution < -0.4 is 0 Å². The van der Waals surface area contributed by atoms with Crippen molar-refractivity contribution in [3.8, 4) is 79.6 Å². The Bertz CT molecular complexity index is 2690. The van der Waals surface area contributed by atoms with Gasteiger partial charge in [0.2, 0.25) is 0 Å². The summed E-state index contributed by atoms with van der Waals surface area (Å²) in [5, 5.41) is 0.930. The summed E-state index contributed by atoms with van der Waals surface area (Å²) in [6.07, 6.45) is 0. The molecule has 0 bridgehead atoms. The number of hydrogen-bond donors (Lipinski definition) is 0. The summed E-state index contributed by atoms with van der Waals surface area (Å²) in [6.45, 7) is 4.31. The summed E-state index contributed by atoms with van der Waals surface area (Å²) in [5.41, 5.74) is 10.0. The fraction of sp³-hybridized carbons (Fsp3) is 0.0392. The number of benzene rings is 5. The van der Waals surface area contributed by atoms with Gasteiger partial charge in [0.25, 0.3) is 0 Å². The van der Waals surface area contributed by atoms with Crippen molar-refractivity contribution in [3.05, 3.63) is 205 Å². The van der Waals surface area contributed by atoms with Gasteiger partial charge in [0.15, 0.2) is 0 Å². The highest BCUT2D eigenvalue weighted by Crippen LogP contribution is 2.48. The Morgan fingerprint density at radius 1 is 0.364 bits per heavy atom. The molecule has 8 rings (SSSR count). The van der Waals surface area contributed by atoms with Crippen molar-refractivity contribution < 1.29 is 0 Å². The van der Waals surface area contributed by atoms with Crippen molar-refractivity contribution in [2.45, 2.75) is 13.8 Å². The van der Waals surface area contributed by atoms with E-state index in [1.807, 2.05) is 127 Å². The standard InChI is InChI=1S/C51H31NS3/c1-36-43(32-28-38-18-8-3-9-19-38)53-45(34-30-40-22-12-5-13-23-40)47(36)49-50(55-51(52-49)42-26-16-7-17-27-42)48-37(2)44(33-29-39-20-10-4-11-21-39)54-46(48)35-31-41-24-14-6-15-25-41/h3-27H,1-2H3/i32+1,33+1,34+1,35+1. The van der Waals surface area contributed by atoms with Crippen LogP contribution in [0.5, 0.6) is 0 Å². The molecule has 0 radical (unpaired) electrons. The molecule has 5 aromatic carbocycles. The third kappa shape index (κ3) is 8.15. The lowest BCUT2D eigenvalue weighted by molar-refractivity contribution is 1.38. The average molecular weight is 758 g/mol. The van der Waals surface area contributed by atoms with Crippen LogP contribution in [0.25, 0.3) is 32.3 Å². The summed E-state index contributed by atoms with van der Waals surface area (Å²) in [5.74, 6) is 27.8. The van der Waals surface area contributed by atoms with E-state index >= 15 is 0 Å². The fourth-order valence-electron chi connectivity index (χ4n) is 5.96. The molecule has 0 atom stereocenters. The van der Waals surface area contributed by atoms with Gasteiger partial charge in [0.05, 0.1) is 30.1 Å². The number of aromatic nitrogens is 1. The average Bonchev–Trinajstić information content (AvgIpc) is 3.91. The predicted molar refractivity (Wildman–Crippen MR) is 233 cm³/mol. The van der Waals surface area contributed by atoms with E-state index in [2.05, 4.69) is 85.5 Å². The van der Waals surface area contributed by atoms with Crippen LogP contribution in [-0.4, -0.2) is 4.98 Å². The predicted octanol–water partition coefficient (Wildman–Crippen LogP) is 12.5.